The average molecular weight is 391 g/mol. The number of allylic oxidation sites excluding steroid dienone is 1. The van der Waals surface area contributed by atoms with Gasteiger partial charge in [-0.05, 0) is 36.4 Å². The van der Waals surface area contributed by atoms with E-state index in [4.69, 9.17) is 27.6 Å². The number of rotatable bonds is 5. The quantitative estimate of drug-likeness (QED) is 0.390. The predicted octanol–water partition coefficient (Wildman–Crippen LogP) is 4.57. The molecule has 26 heavy (non-hydrogen) atoms. The molecular weight excluding hydrogens is 379 g/mol. The number of benzene rings is 2. The first-order valence-corrected chi connectivity index (χ1v) is 8.13. The summed E-state index contributed by atoms with van der Waals surface area (Å²) in [5.41, 5.74) is 1.98. The molecule has 0 radical (unpaired) electrons. The fourth-order valence-corrected chi connectivity index (χ4v) is 2.57. The van der Waals surface area contributed by atoms with Gasteiger partial charge in [-0.15, -0.1) is 0 Å². The maximum atomic E-state index is 11.7. The van der Waals surface area contributed by atoms with E-state index in [1.807, 2.05) is 0 Å². The summed E-state index contributed by atoms with van der Waals surface area (Å²) in [6, 6.07) is 9.70. The van der Waals surface area contributed by atoms with E-state index >= 15 is 0 Å². The van der Waals surface area contributed by atoms with Gasteiger partial charge in [0.15, 0.2) is 11.9 Å². The number of methoxy groups -OCH3 is 1. The highest BCUT2D eigenvalue weighted by Gasteiger charge is 2.13. The Morgan fingerprint density at radius 2 is 2.04 bits per heavy atom. The number of carbonyl (C=O) groups excluding carboxylic acids is 2. The van der Waals surface area contributed by atoms with Crippen molar-refractivity contribution >= 4 is 57.8 Å². The Hall–Kier alpha value is -2.83. The molecule has 1 heterocycles. The molecule has 0 aliphatic rings. The second-order valence-electron chi connectivity index (χ2n) is 5.18. The van der Waals surface area contributed by atoms with Gasteiger partial charge in [0.25, 0.3) is 0 Å². The maximum absolute atomic E-state index is 11.7. The Morgan fingerprint density at radius 3 is 2.77 bits per heavy atom. The summed E-state index contributed by atoms with van der Waals surface area (Å²) in [6.07, 6.45) is 2.03. The van der Waals surface area contributed by atoms with Crippen LogP contribution in [0, 0.1) is 0 Å². The summed E-state index contributed by atoms with van der Waals surface area (Å²) in [5.74, 6) is -0.416. The molecule has 3 rings (SSSR count). The summed E-state index contributed by atoms with van der Waals surface area (Å²) in [6.45, 7) is 0. The van der Waals surface area contributed by atoms with Crippen LogP contribution in [0.1, 0.15) is 16.2 Å². The molecule has 0 atom stereocenters. The number of oxazole rings is 1. The zero-order valence-electron chi connectivity index (χ0n) is 13.5. The molecule has 2 aromatic carbocycles. The van der Waals surface area contributed by atoms with Gasteiger partial charge in [0.2, 0.25) is 5.89 Å². The van der Waals surface area contributed by atoms with E-state index in [1.165, 1.54) is 19.4 Å². The Labute approximate surface area is 158 Å². The first-order valence-electron chi connectivity index (χ1n) is 7.38. The van der Waals surface area contributed by atoms with Crippen LogP contribution < -0.4 is 5.32 Å². The van der Waals surface area contributed by atoms with Crippen LogP contribution in [0.5, 0.6) is 0 Å². The van der Waals surface area contributed by atoms with E-state index in [0.717, 1.165) is 0 Å². The van der Waals surface area contributed by atoms with E-state index in [2.05, 4.69) is 15.0 Å². The third-order valence-corrected chi connectivity index (χ3v) is 4.05. The molecule has 0 aliphatic heterocycles. The Balaban J connectivity index is 1.89. The number of nitrogens with one attached hydrogen (secondary N) is 1. The van der Waals surface area contributed by atoms with Crippen LogP contribution >= 0.6 is 23.2 Å². The summed E-state index contributed by atoms with van der Waals surface area (Å²) in [7, 11) is 1.27. The van der Waals surface area contributed by atoms with Gasteiger partial charge in [-0.2, -0.15) is 0 Å². The van der Waals surface area contributed by atoms with Gasteiger partial charge in [-0.25, -0.2) is 9.78 Å². The summed E-state index contributed by atoms with van der Waals surface area (Å²) in [4.78, 5) is 27.3. The molecule has 132 valence electrons. The third kappa shape index (κ3) is 3.71. The van der Waals surface area contributed by atoms with Gasteiger partial charge < -0.3 is 14.5 Å². The maximum Gasteiger partial charge on any atom is 0.339 e. The number of anilines is 1. The van der Waals surface area contributed by atoms with Crippen molar-refractivity contribution in [3.63, 3.8) is 0 Å². The molecule has 0 saturated carbocycles. The Bertz CT molecular complexity index is 1030. The zero-order chi connectivity index (χ0) is 18.7. The van der Waals surface area contributed by atoms with Crippen molar-refractivity contribution in [1.29, 1.82) is 0 Å². The molecule has 0 unspecified atom stereocenters. The van der Waals surface area contributed by atoms with Crippen LogP contribution in [0.25, 0.3) is 16.7 Å². The first kappa shape index (κ1) is 18.0. The molecule has 0 saturated heterocycles. The number of fused-ring (bicyclic) bond motifs is 1. The summed E-state index contributed by atoms with van der Waals surface area (Å²) < 4.78 is 10.2. The van der Waals surface area contributed by atoms with E-state index in [0.29, 0.717) is 28.1 Å². The highest BCUT2D eigenvalue weighted by molar-refractivity contribution is 6.33. The number of hydrogen-bond acceptors (Lipinski definition) is 6. The van der Waals surface area contributed by atoms with Crippen molar-refractivity contribution in [3.05, 3.63) is 64.1 Å². The highest BCUT2D eigenvalue weighted by atomic mass is 35.5. The van der Waals surface area contributed by atoms with Gasteiger partial charge in [0, 0.05) is 16.9 Å². The van der Waals surface area contributed by atoms with Crippen LogP contribution in [0.15, 0.2) is 47.0 Å². The molecule has 3 aromatic rings. The smallest absolute Gasteiger partial charge is 0.339 e. The zero-order valence-corrected chi connectivity index (χ0v) is 15.0. The molecule has 0 bridgehead atoms. The number of aldehydes is 1. The molecule has 0 spiro atoms. The number of hydrogen-bond donors (Lipinski definition) is 1. The lowest BCUT2D eigenvalue weighted by molar-refractivity contribution is -0.103. The number of nitrogens with zero attached hydrogens (tertiary/aromatic N) is 1. The predicted molar refractivity (Wildman–Crippen MR) is 99.5 cm³/mol. The molecule has 1 aromatic heterocycles. The number of carbonyl (C=O) groups is 2. The van der Waals surface area contributed by atoms with Gasteiger partial charge >= 0.3 is 5.97 Å². The minimum atomic E-state index is -0.561. The second-order valence-corrected chi connectivity index (χ2v) is 6.02. The van der Waals surface area contributed by atoms with Crippen molar-refractivity contribution in [3.8, 4) is 0 Å². The molecular formula is C18H12Cl2N2O4. The van der Waals surface area contributed by atoms with Gasteiger partial charge in [0.05, 0.1) is 23.3 Å². The average Bonchev–Trinajstić information content (AvgIpc) is 3.05. The van der Waals surface area contributed by atoms with Gasteiger partial charge in [0.1, 0.15) is 5.52 Å². The molecule has 0 amide bonds. The topological polar surface area (TPSA) is 81.4 Å². The molecule has 0 aliphatic carbocycles. The van der Waals surface area contributed by atoms with E-state index in [1.54, 1.807) is 30.3 Å². The Morgan fingerprint density at radius 1 is 1.23 bits per heavy atom. The molecule has 8 heteroatoms. The standard InChI is InChI=1S/C18H12Cl2N2O4/c1-25-18(24)13-7-12(3-4-14(13)20)21-8-10(9-23)17-22-15-6-11(19)2-5-16(15)26-17/h2-9,21H,1H3/b10-8+. The van der Waals surface area contributed by atoms with E-state index < -0.39 is 5.97 Å². The normalized spacial score (nSPS) is 11.4. The lowest BCUT2D eigenvalue weighted by atomic mass is 10.2. The lowest BCUT2D eigenvalue weighted by Crippen LogP contribution is -2.03. The van der Waals surface area contributed by atoms with E-state index in [9.17, 15) is 9.59 Å². The highest BCUT2D eigenvalue weighted by Crippen LogP contribution is 2.24. The van der Waals surface area contributed by atoms with Crippen molar-refractivity contribution < 1.29 is 18.7 Å². The molecule has 1 N–H and O–H groups in total. The van der Waals surface area contributed by atoms with E-state index in [-0.39, 0.29) is 22.0 Å². The fourth-order valence-electron chi connectivity index (χ4n) is 2.21. The van der Waals surface area contributed by atoms with Crippen molar-refractivity contribution in [2.75, 3.05) is 12.4 Å². The van der Waals surface area contributed by atoms with Crippen LogP contribution in [0.2, 0.25) is 10.0 Å². The van der Waals surface area contributed by atoms with Crippen molar-refractivity contribution in [1.82, 2.24) is 4.98 Å². The lowest BCUT2D eigenvalue weighted by Gasteiger charge is -2.06. The SMILES string of the molecule is COC(=O)c1cc(N/C=C(\C=O)c2nc3cc(Cl)ccc3o2)ccc1Cl. The van der Waals surface area contributed by atoms with Crippen LogP contribution in [-0.4, -0.2) is 24.3 Å². The summed E-state index contributed by atoms with van der Waals surface area (Å²) >= 11 is 11.9. The minimum Gasteiger partial charge on any atom is -0.465 e. The largest absolute Gasteiger partial charge is 0.465 e. The van der Waals surface area contributed by atoms with Crippen LogP contribution in [0.4, 0.5) is 5.69 Å². The fraction of sp³-hybridized carbons (Fsp3) is 0.0556. The van der Waals surface area contributed by atoms with Crippen LogP contribution in [-0.2, 0) is 9.53 Å². The number of ether oxygens (including phenoxy) is 1. The third-order valence-electron chi connectivity index (χ3n) is 3.49. The summed E-state index contributed by atoms with van der Waals surface area (Å²) in [5, 5.41) is 3.69. The van der Waals surface area contributed by atoms with Crippen LogP contribution in [0.3, 0.4) is 0 Å². The Kier molecular flexibility index (Phi) is 5.25. The number of esters is 1. The second kappa shape index (κ2) is 7.59. The minimum absolute atomic E-state index is 0.145. The molecule has 6 nitrogen and oxygen atoms in total. The number of aromatic nitrogens is 1. The monoisotopic (exact) mass is 390 g/mol. The number of halogens is 2. The van der Waals surface area contributed by atoms with Gasteiger partial charge in [-0.1, -0.05) is 23.2 Å². The van der Waals surface area contributed by atoms with Crippen molar-refractivity contribution in [2.45, 2.75) is 0 Å². The van der Waals surface area contributed by atoms with Gasteiger partial charge in [-0.3, -0.25) is 4.79 Å². The first-order chi connectivity index (χ1) is 12.5. The molecule has 0 fully saturated rings. The van der Waals surface area contributed by atoms with Crippen molar-refractivity contribution in [2.24, 2.45) is 0 Å².